The molecule has 1 saturated heterocycles. The molecule has 4 rings (SSSR count). The molecule has 1 aliphatic heterocycles. The van der Waals surface area contributed by atoms with Crippen molar-refractivity contribution in [1.29, 1.82) is 0 Å². The molecule has 2 aromatic heterocycles. The minimum atomic E-state index is 0.153. The quantitative estimate of drug-likeness (QED) is 0.690. The zero-order valence-electron chi connectivity index (χ0n) is 15.0. The molecule has 0 spiro atoms. The highest BCUT2D eigenvalue weighted by atomic mass is 32.1. The Hall–Kier alpha value is -2.40. The van der Waals surface area contributed by atoms with Crippen LogP contribution < -0.4 is 0 Å². The molecule has 1 aromatic carbocycles. The second kappa shape index (κ2) is 7.46. The Morgan fingerprint density at radius 1 is 1.31 bits per heavy atom. The Morgan fingerprint density at radius 3 is 2.92 bits per heavy atom. The van der Waals surface area contributed by atoms with Gasteiger partial charge in [0.05, 0.1) is 5.56 Å². The van der Waals surface area contributed by atoms with E-state index in [-0.39, 0.29) is 5.91 Å². The third kappa shape index (κ3) is 3.58. The second-order valence-electron chi connectivity index (χ2n) is 6.94. The van der Waals surface area contributed by atoms with Crippen LogP contribution in [0.2, 0.25) is 0 Å². The van der Waals surface area contributed by atoms with Crippen LogP contribution in [-0.4, -0.2) is 33.4 Å². The molecule has 5 heteroatoms. The molecule has 1 atom stereocenters. The zero-order valence-corrected chi connectivity index (χ0v) is 15.8. The molecule has 0 radical (unpaired) electrons. The summed E-state index contributed by atoms with van der Waals surface area (Å²) in [6, 6.07) is 12.4. The minimum Gasteiger partial charge on any atom is -0.338 e. The third-order valence-electron chi connectivity index (χ3n) is 4.99. The molecule has 4 nitrogen and oxygen atoms in total. The van der Waals surface area contributed by atoms with E-state index in [9.17, 15) is 4.79 Å². The predicted octanol–water partition coefficient (Wildman–Crippen LogP) is 4.32. The van der Waals surface area contributed by atoms with Crippen LogP contribution in [0.5, 0.6) is 0 Å². The van der Waals surface area contributed by atoms with Gasteiger partial charge in [-0.05, 0) is 31.4 Å². The van der Waals surface area contributed by atoms with Crippen molar-refractivity contribution in [3.8, 4) is 0 Å². The lowest BCUT2D eigenvalue weighted by molar-refractivity contribution is 0.0704. The van der Waals surface area contributed by atoms with Crippen LogP contribution in [0.15, 0.2) is 54.2 Å². The number of rotatable bonds is 4. The number of imidazole rings is 1. The van der Waals surface area contributed by atoms with E-state index in [0.29, 0.717) is 5.92 Å². The van der Waals surface area contributed by atoms with Crippen molar-refractivity contribution in [2.45, 2.75) is 32.2 Å². The van der Waals surface area contributed by atoms with E-state index in [1.165, 1.54) is 10.4 Å². The highest BCUT2D eigenvalue weighted by Gasteiger charge is 2.28. The van der Waals surface area contributed by atoms with Crippen LogP contribution >= 0.6 is 11.3 Å². The smallest absolute Gasteiger partial charge is 0.254 e. The second-order valence-corrected chi connectivity index (χ2v) is 8.05. The van der Waals surface area contributed by atoms with E-state index in [0.717, 1.165) is 43.9 Å². The summed E-state index contributed by atoms with van der Waals surface area (Å²) in [4.78, 5) is 20.6. The van der Waals surface area contributed by atoms with Gasteiger partial charge < -0.3 is 9.47 Å². The molecular weight excluding hydrogens is 342 g/mol. The molecule has 0 unspecified atom stereocenters. The standard InChI is InChI=1S/C21H23N3OS/c1-16-12-19(15-26-16)21(25)24-10-5-8-18(14-24)20-22-9-11-23(20)13-17-6-3-2-4-7-17/h2-4,6-7,9,11-12,15,18H,5,8,10,13-14H2,1H3/t18-/m1/s1. The first-order valence-corrected chi connectivity index (χ1v) is 9.98. The normalized spacial score (nSPS) is 17.4. The number of aryl methyl sites for hydroxylation is 1. The zero-order chi connectivity index (χ0) is 17.9. The molecule has 0 saturated carbocycles. The molecule has 0 aliphatic carbocycles. The lowest BCUT2D eigenvalue weighted by Crippen LogP contribution is -2.39. The molecule has 134 valence electrons. The van der Waals surface area contributed by atoms with Gasteiger partial charge in [-0.1, -0.05) is 30.3 Å². The van der Waals surface area contributed by atoms with Gasteiger partial charge in [0.15, 0.2) is 0 Å². The molecular formula is C21H23N3OS. The van der Waals surface area contributed by atoms with Crippen LogP contribution in [0.4, 0.5) is 0 Å². The van der Waals surface area contributed by atoms with Gasteiger partial charge >= 0.3 is 0 Å². The summed E-state index contributed by atoms with van der Waals surface area (Å²) in [7, 11) is 0. The van der Waals surface area contributed by atoms with Crippen molar-refractivity contribution in [1.82, 2.24) is 14.5 Å². The number of aromatic nitrogens is 2. The van der Waals surface area contributed by atoms with E-state index in [1.807, 2.05) is 41.7 Å². The molecule has 0 bridgehead atoms. The van der Waals surface area contributed by atoms with Gasteiger partial charge in [-0.3, -0.25) is 4.79 Å². The fourth-order valence-corrected chi connectivity index (χ4v) is 4.38. The van der Waals surface area contributed by atoms with Crippen LogP contribution in [0.25, 0.3) is 0 Å². The van der Waals surface area contributed by atoms with E-state index in [1.54, 1.807) is 11.3 Å². The van der Waals surface area contributed by atoms with Crippen LogP contribution in [-0.2, 0) is 6.54 Å². The first-order chi connectivity index (χ1) is 12.7. The number of piperidine rings is 1. The number of carbonyl (C=O) groups is 1. The van der Waals surface area contributed by atoms with Gasteiger partial charge in [0.2, 0.25) is 0 Å². The third-order valence-corrected chi connectivity index (χ3v) is 5.86. The van der Waals surface area contributed by atoms with Crippen molar-refractivity contribution >= 4 is 17.2 Å². The number of hydrogen-bond donors (Lipinski definition) is 0. The van der Waals surface area contributed by atoms with Crippen molar-refractivity contribution in [3.05, 3.63) is 76.0 Å². The SMILES string of the molecule is Cc1cc(C(=O)N2CCC[C@@H](c3nccn3Cc3ccccc3)C2)cs1. The van der Waals surface area contributed by atoms with Gasteiger partial charge in [-0.25, -0.2) is 4.98 Å². The number of carbonyl (C=O) groups excluding carboxylic acids is 1. The maximum Gasteiger partial charge on any atom is 0.254 e. The monoisotopic (exact) mass is 365 g/mol. The van der Waals surface area contributed by atoms with E-state index in [4.69, 9.17) is 0 Å². The lowest BCUT2D eigenvalue weighted by Gasteiger charge is -2.32. The number of hydrogen-bond acceptors (Lipinski definition) is 3. The topological polar surface area (TPSA) is 38.1 Å². The Bertz CT molecular complexity index is 884. The highest BCUT2D eigenvalue weighted by Crippen LogP contribution is 2.28. The molecule has 1 fully saturated rings. The Labute approximate surface area is 158 Å². The Kier molecular flexibility index (Phi) is 4.89. The van der Waals surface area contributed by atoms with E-state index < -0.39 is 0 Å². The Morgan fingerprint density at radius 2 is 2.15 bits per heavy atom. The van der Waals surface area contributed by atoms with Crippen LogP contribution in [0, 0.1) is 6.92 Å². The average Bonchev–Trinajstić information content (AvgIpc) is 3.31. The highest BCUT2D eigenvalue weighted by molar-refractivity contribution is 7.10. The summed E-state index contributed by atoms with van der Waals surface area (Å²) in [5.74, 6) is 1.54. The minimum absolute atomic E-state index is 0.153. The summed E-state index contributed by atoms with van der Waals surface area (Å²) in [5.41, 5.74) is 2.09. The van der Waals surface area contributed by atoms with Gasteiger partial charge in [0.1, 0.15) is 5.82 Å². The largest absolute Gasteiger partial charge is 0.338 e. The fourth-order valence-electron chi connectivity index (χ4n) is 3.70. The number of amides is 1. The molecule has 26 heavy (non-hydrogen) atoms. The van der Waals surface area contributed by atoms with Crippen LogP contribution in [0.1, 0.15) is 45.4 Å². The summed E-state index contributed by atoms with van der Waals surface area (Å²) in [5, 5.41) is 1.97. The van der Waals surface area contributed by atoms with Gasteiger partial charge in [-0.2, -0.15) is 0 Å². The molecule has 3 aromatic rings. The summed E-state index contributed by atoms with van der Waals surface area (Å²) in [6.45, 7) is 4.45. The van der Waals surface area contributed by atoms with Gasteiger partial charge in [0, 0.05) is 48.2 Å². The first kappa shape index (κ1) is 17.0. The number of nitrogens with zero attached hydrogens (tertiary/aromatic N) is 3. The van der Waals surface area contributed by atoms with Gasteiger partial charge in [0.25, 0.3) is 5.91 Å². The fraction of sp³-hybridized carbons (Fsp3) is 0.333. The maximum absolute atomic E-state index is 12.8. The number of benzene rings is 1. The predicted molar refractivity (Wildman–Crippen MR) is 105 cm³/mol. The molecule has 1 aliphatic rings. The Balaban J connectivity index is 1.50. The first-order valence-electron chi connectivity index (χ1n) is 9.10. The summed E-state index contributed by atoms with van der Waals surface area (Å²) >= 11 is 1.64. The van der Waals surface area contributed by atoms with Crippen molar-refractivity contribution < 1.29 is 4.79 Å². The van der Waals surface area contributed by atoms with Crippen molar-refractivity contribution in [2.75, 3.05) is 13.1 Å². The lowest BCUT2D eigenvalue weighted by atomic mass is 9.96. The van der Waals surface area contributed by atoms with Gasteiger partial charge in [-0.15, -0.1) is 11.3 Å². The summed E-state index contributed by atoms with van der Waals surface area (Å²) in [6.07, 6.45) is 6.03. The summed E-state index contributed by atoms with van der Waals surface area (Å²) < 4.78 is 2.22. The van der Waals surface area contributed by atoms with Crippen molar-refractivity contribution in [2.24, 2.45) is 0 Å². The van der Waals surface area contributed by atoms with E-state index in [2.05, 4.69) is 33.8 Å². The molecule has 3 heterocycles. The number of likely N-dealkylation sites (tertiary alicyclic amines) is 1. The number of thiophene rings is 1. The van der Waals surface area contributed by atoms with E-state index >= 15 is 0 Å². The van der Waals surface area contributed by atoms with Crippen LogP contribution in [0.3, 0.4) is 0 Å². The molecule has 1 amide bonds. The maximum atomic E-state index is 12.8. The van der Waals surface area contributed by atoms with Crippen molar-refractivity contribution in [3.63, 3.8) is 0 Å². The average molecular weight is 366 g/mol. The molecule has 0 N–H and O–H groups in total.